The number of nitrogens with zero attached hydrogens (tertiary/aromatic N) is 2. The number of hydrogen-bond donors (Lipinski definition) is 1. The van der Waals surface area contributed by atoms with Crippen molar-refractivity contribution in [2.24, 2.45) is 0 Å². The summed E-state index contributed by atoms with van der Waals surface area (Å²) in [6, 6.07) is 2.99. The smallest absolute Gasteiger partial charge is 0.0195 e. The van der Waals surface area contributed by atoms with Crippen LogP contribution in [0.25, 0.3) is 0 Å². The van der Waals surface area contributed by atoms with Crippen molar-refractivity contribution in [2.45, 2.75) is 70.6 Å². The van der Waals surface area contributed by atoms with Crippen molar-refractivity contribution in [3.63, 3.8) is 0 Å². The summed E-state index contributed by atoms with van der Waals surface area (Å²) in [6.45, 7) is 10.6. The fraction of sp³-hybridized carbons (Fsp3) is 1.00. The fourth-order valence-electron chi connectivity index (χ4n) is 3.71. The van der Waals surface area contributed by atoms with Crippen molar-refractivity contribution in [1.29, 1.82) is 0 Å². The maximum absolute atomic E-state index is 3.65. The van der Waals surface area contributed by atoms with Gasteiger partial charge in [0.05, 0.1) is 0 Å². The van der Waals surface area contributed by atoms with Gasteiger partial charge in [-0.3, -0.25) is 9.80 Å². The molecule has 0 spiro atoms. The minimum atomic E-state index is 0.702. The molecular formula is C15H31N3. The maximum atomic E-state index is 3.65. The lowest BCUT2D eigenvalue weighted by Crippen LogP contribution is -2.58. The third-order valence-electron chi connectivity index (χ3n) is 5.04. The summed E-state index contributed by atoms with van der Waals surface area (Å²) in [7, 11) is 2.27. The van der Waals surface area contributed by atoms with E-state index in [1.807, 2.05) is 0 Å². The van der Waals surface area contributed by atoms with Crippen molar-refractivity contribution < 1.29 is 0 Å². The Morgan fingerprint density at radius 3 is 2.39 bits per heavy atom. The highest BCUT2D eigenvalue weighted by molar-refractivity contribution is 4.90. The Hall–Kier alpha value is -0.120. The average Bonchev–Trinajstić information content (AvgIpc) is 2.36. The first kappa shape index (κ1) is 14.3. The number of rotatable bonds is 3. The Morgan fingerprint density at radius 1 is 1.11 bits per heavy atom. The van der Waals surface area contributed by atoms with Gasteiger partial charge in [0.25, 0.3) is 0 Å². The first-order chi connectivity index (χ1) is 8.61. The second-order valence-electron chi connectivity index (χ2n) is 6.39. The highest BCUT2D eigenvalue weighted by Crippen LogP contribution is 2.26. The molecule has 0 bridgehead atoms. The van der Waals surface area contributed by atoms with Crippen LogP contribution in [0.4, 0.5) is 0 Å². The summed E-state index contributed by atoms with van der Waals surface area (Å²) in [5.74, 6) is 0. The molecule has 0 aromatic carbocycles. The monoisotopic (exact) mass is 253 g/mol. The van der Waals surface area contributed by atoms with Crippen molar-refractivity contribution in [2.75, 3.05) is 26.7 Å². The zero-order valence-corrected chi connectivity index (χ0v) is 12.7. The van der Waals surface area contributed by atoms with E-state index in [0.717, 1.165) is 18.6 Å². The Balaban J connectivity index is 1.90. The summed E-state index contributed by atoms with van der Waals surface area (Å²) >= 11 is 0. The van der Waals surface area contributed by atoms with Gasteiger partial charge in [0, 0.05) is 37.3 Å². The Bertz CT molecular complexity index is 242. The van der Waals surface area contributed by atoms with E-state index >= 15 is 0 Å². The molecule has 1 saturated carbocycles. The molecule has 4 atom stereocenters. The molecule has 106 valence electrons. The second-order valence-corrected chi connectivity index (χ2v) is 6.39. The molecule has 3 nitrogen and oxygen atoms in total. The largest absolute Gasteiger partial charge is 0.314 e. The van der Waals surface area contributed by atoms with Gasteiger partial charge in [-0.2, -0.15) is 0 Å². The molecule has 18 heavy (non-hydrogen) atoms. The van der Waals surface area contributed by atoms with Gasteiger partial charge in [0.15, 0.2) is 0 Å². The molecule has 1 N–H and O–H groups in total. The zero-order valence-electron chi connectivity index (χ0n) is 12.7. The first-order valence-corrected chi connectivity index (χ1v) is 7.81. The molecule has 0 radical (unpaired) electrons. The molecule has 2 aliphatic rings. The molecule has 2 rings (SSSR count). The SMILES string of the molecule is CCNC1CCCC(N2CC(C)N(C)C(C)C2)C1. The van der Waals surface area contributed by atoms with Crippen molar-refractivity contribution in [1.82, 2.24) is 15.1 Å². The summed E-state index contributed by atoms with van der Waals surface area (Å²) in [5, 5.41) is 3.65. The lowest BCUT2D eigenvalue weighted by molar-refractivity contribution is 0.0194. The summed E-state index contributed by atoms with van der Waals surface area (Å²) in [5.41, 5.74) is 0. The number of hydrogen-bond acceptors (Lipinski definition) is 3. The van der Waals surface area contributed by atoms with Gasteiger partial charge in [-0.15, -0.1) is 0 Å². The van der Waals surface area contributed by atoms with E-state index in [1.54, 1.807) is 0 Å². The van der Waals surface area contributed by atoms with Crippen LogP contribution in [0.2, 0.25) is 0 Å². The van der Waals surface area contributed by atoms with Crippen molar-refractivity contribution in [3.05, 3.63) is 0 Å². The van der Waals surface area contributed by atoms with Crippen LogP contribution in [0.3, 0.4) is 0 Å². The summed E-state index contributed by atoms with van der Waals surface area (Å²) in [6.07, 6.45) is 5.54. The highest BCUT2D eigenvalue weighted by Gasteiger charge is 2.33. The van der Waals surface area contributed by atoms with E-state index in [1.165, 1.54) is 38.8 Å². The zero-order chi connectivity index (χ0) is 13.1. The number of piperazine rings is 1. The molecule has 1 heterocycles. The topological polar surface area (TPSA) is 18.5 Å². The predicted octanol–water partition coefficient (Wildman–Crippen LogP) is 1.93. The van der Waals surface area contributed by atoms with Crippen LogP contribution in [0.1, 0.15) is 46.5 Å². The number of likely N-dealkylation sites (N-methyl/N-ethyl adjacent to an activating group) is 1. The van der Waals surface area contributed by atoms with Crippen LogP contribution < -0.4 is 5.32 Å². The van der Waals surface area contributed by atoms with Gasteiger partial charge < -0.3 is 5.32 Å². The van der Waals surface area contributed by atoms with Crippen LogP contribution in [0.15, 0.2) is 0 Å². The van der Waals surface area contributed by atoms with Gasteiger partial charge in [0.2, 0.25) is 0 Å². The van der Waals surface area contributed by atoms with Crippen LogP contribution in [-0.4, -0.2) is 60.6 Å². The Labute approximate surface area is 113 Å². The van der Waals surface area contributed by atoms with Gasteiger partial charge in [0.1, 0.15) is 0 Å². The summed E-state index contributed by atoms with van der Waals surface area (Å²) in [4.78, 5) is 5.29. The van der Waals surface area contributed by atoms with Crippen molar-refractivity contribution >= 4 is 0 Å². The van der Waals surface area contributed by atoms with Crippen LogP contribution in [-0.2, 0) is 0 Å². The molecule has 0 amide bonds. The Morgan fingerprint density at radius 2 is 1.78 bits per heavy atom. The maximum Gasteiger partial charge on any atom is 0.0195 e. The Kier molecular flexibility index (Phi) is 5.05. The molecular weight excluding hydrogens is 222 g/mol. The molecule has 1 saturated heterocycles. The third-order valence-corrected chi connectivity index (χ3v) is 5.04. The molecule has 2 fully saturated rings. The van der Waals surface area contributed by atoms with Crippen molar-refractivity contribution in [3.8, 4) is 0 Å². The van der Waals surface area contributed by atoms with Gasteiger partial charge in [-0.1, -0.05) is 13.3 Å². The van der Waals surface area contributed by atoms with E-state index in [-0.39, 0.29) is 0 Å². The van der Waals surface area contributed by atoms with Gasteiger partial charge in [-0.05, 0) is 46.7 Å². The molecule has 1 aliphatic heterocycles. The quantitative estimate of drug-likeness (QED) is 0.829. The minimum Gasteiger partial charge on any atom is -0.314 e. The van der Waals surface area contributed by atoms with Gasteiger partial charge in [-0.25, -0.2) is 0 Å². The molecule has 0 aromatic heterocycles. The standard InChI is InChI=1S/C15H31N3/c1-5-16-14-7-6-8-15(9-14)18-10-12(2)17(4)13(3)11-18/h12-16H,5-11H2,1-4H3. The summed E-state index contributed by atoms with van der Waals surface area (Å²) < 4.78 is 0. The number of nitrogens with one attached hydrogen (secondary N) is 1. The molecule has 1 aliphatic carbocycles. The third kappa shape index (κ3) is 3.25. The predicted molar refractivity (Wildman–Crippen MR) is 78.0 cm³/mol. The van der Waals surface area contributed by atoms with E-state index in [0.29, 0.717) is 12.1 Å². The fourth-order valence-corrected chi connectivity index (χ4v) is 3.71. The van der Waals surface area contributed by atoms with Crippen LogP contribution in [0.5, 0.6) is 0 Å². The second kappa shape index (κ2) is 6.36. The van der Waals surface area contributed by atoms with E-state index in [4.69, 9.17) is 0 Å². The molecule has 4 unspecified atom stereocenters. The lowest BCUT2D eigenvalue weighted by Gasteiger charge is -2.47. The lowest BCUT2D eigenvalue weighted by atomic mass is 9.88. The normalized spacial score (nSPS) is 40.0. The minimum absolute atomic E-state index is 0.702. The highest BCUT2D eigenvalue weighted by atomic mass is 15.3. The van der Waals surface area contributed by atoms with E-state index in [2.05, 4.69) is 42.9 Å². The van der Waals surface area contributed by atoms with E-state index in [9.17, 15) is 0 Å². The molecule has 3 heteroatoms. The van der Waals surface area contributed by atoms with Gasteiger partial charge >= 0.3 is 0 Å². The average molecular weight is 253 g/mol. The van der Waals surface area contributed by atoms with Crippen LogP contribution >= 0.6 is 0 Å². The van der Waals surface area contributed by atoms with E-state index < -0.39 is 0 Å². The first-order valence-electron chi connectivity index (χ1n) is 7.81. The van der Waals surface area contributed by atoms with Crippen LogP contribution in [0, 0.1) is 0 Å². The molecule has 0 aromatic rings.